The molecule has 0 rings (SSSR count). The largest absolute Gasteiger partial charge is 0.461 e. The standard InChI is InChI=1S/C59H97NO5/c1-4-7-10-13-16-19-22-25-27-28-29-30-32-34-37-40-43-46-49-52-59(64)65-55(50-47-44-41-38-35-33-31-26-23-20-17-14-11-8-5-2)53-58(63)60-56(54-61)57(62)51-48-45-42-39-36-24-21-18-15-12-9-6-3/h7,10,16-17,19-20,25-27,29-31,34-35,37-38,43-44,46-47,55-57,61-62H,4-6,8-9,11-15,18,21-24,28,32-33,36,39-42,45,48-54H2,1-3H3,(H,60,63)/b10-7-,19-16-,20-17-,27-25-,30-29-,31-26-,37-34-,38-35-,46-43-,47-44-. The second kappa shape index (κ2) is 51.2. The lowest BCUT2D eigenvalue weighted by Gasteiger charge is -2.24. The third kappa shape index (κ3) is 46.6. The van der Waals surface area contributed by atoms with Gasteiger partial charge in [0.15, 0.2) is 0 Å². The van der Waals surface area contributed by atoms with Crippen molar-refractivity contribution in [1.29, 1.82) is 0 Å². The van der Waals surface area contributed by atoms with Gasteiger partial charge in [-0.3, -0.25) is 9.59 Å². The summed E-state index contributed by atoms with van der Waals surface area (Å²) in [7, 11) is 0. The number of carbonyl (C=O) groups is 2. The zero-order chi connectivity index (χ0) is 47.4. The maximum atomic E-state index is 13.2. The smallest absolute Gasteiger partial charge is 0.306 e. The van der Waals surface area contributed by atoms with E-state index in [0.717, 1.165) is 83.5 Å². The van der Waals surface area contributed by atoms with Gasteiger partial charge in [0.2, 0.25) is 5.91 Å². The van der Waals surface area contributed by atoms with Crippen molar-refractivity contribution in [3.05, 3.63) is 122 Å². The predicted molar refractivity (Wildman–Crippen MR) is 282 cm³/mol. The number of rotatable bonds is 45. The van der Waals surface area contributed by atoms with Gasteiger partial charge in [-0.1, -0.05) is 232 Å². The van der Waals surface area contributed by atoms with Gasteiger partial charge in [-0.2, -0.15) is 0 Å². The fraction of sp³-hybridized carbons (Fsp3) is 0.627. The predicted octanol–water partition coefficient (Wildman–Crippen LogP) is 16.1. The molecule has 3 atom stereocenters. The van der Waals surface area contributed by atoms with Gasteiger partial charge >= 0.3 is 5.97 Å². The summed E-state index contributed by atoms with van der Waals surface area (Å²) in [5.41, 5.74) is 0. The van der Waals surface area contributed by atoms with E-state index >= 15 is 0 Å². The molecule has 65 heavy (non-hydrogen) atoms. The molecule has 6 heteroatoms. The molecule has 1 amide bonds. The SMILES string of the molecule is CC/C=C\C/C=C\C/C=C\C/C=C\C/C=C\C/C=C\CCC(=O)OC(C/C=C\C/C=C\C/C=C\C/C=C\CCCCC)CC(=O)NC(CO)C(O)CCCCCCCCCCCCCC. The normalized spacial score (nSPS) is 14.2. The second-order valence-corrected chi connectivity index (χ2v) is 17.2. The number of esters is 1. The van der Waals surface area contributed by atoms with Crippen molar-refractivity contribution in [2.24, 2.45) is 0 Å². The summed E-state index contributed by atoms with van der Waals surface area (Å²) in [4.78, 5) is 26.1. The Balaban J connectivity index is 4.85. The van der Waals surface area contributed by atoms with E-state index in [1.165, 1.54) is 77.0 Å². The van der Waals surface area contributed by atoms with Crippen molar-refractivity contribution in [3.8, 4) is 0 Å². The van der Waals surface area contributed by atoms with Gasteiger partial charge in [-0.25, -0.2) is 0 Å². The van der Waals surface area contributed by atoms with Crippen molar-refractivity contribution in [2.75, 3.05) is 6.61 Å². The number of hydrogen-bond donors (Lipinski definition) is 3. The van der Waals surface area contributed by atoms with Crippen LogP contribution in [0.15, 0.2) is 122 Å². The van der Waals surface area contributed by atoms with Crippen molar-refractivity contribution >= 4 is 11.9 Å². The Morgan fingerprint density at radius 3 is 1.31 bits per heavy atom. The zero-order valence-corrected chi connectivity index (χ0v) is 41.8. The van der Waals surface area contributed by atoms with E-state index in [9.17, 15) is 19.8 Å². The summed E-state index contributed by atoms with van der Waals surface area (Å²) in [6, 6.07) is -0.754. The topological polar surface area (TPSA) is 95.9 Å². The summed E-state index contributed by atoms with van der Waals surface area (Å²) in [5, 5.41) is 23.7. The Hall–Kier alpha value is -3.74. The van der Waals surface area contributed by atoms with E-state index in [-0.39, 0.29) is 31.3 Å². The van der Waals surface area contributed by atoms with E-state index in [4.69, 9.17) is 4.74 Å². The minimum Gasteiger partial charge on any atom is -0.461 e. The van der Waals surface area contributed by atoms with Crippen LogP contribution in [0.25, 0.3) is 0 Å². The highest BCUT2D eigenvalue weighted by Gasteiger charge is 2.23. The number of carbonyl (C=O) groups excluding carboxylic acids is 2. The molecule has 0 aliphatic carbocycles. The van der Waals surface area contributed by atoms with Gasteiger partial charge in [0.1, 0.15) is 6.10 Å². The van der Waals surface area contributed by atoms with E-state index in [2.05, 4.69) is 129 Å². The molecule has 0 heterocycles. The number of unbranched alkanes of at least 4 members (excludes halogenated alkanes) is 14. The molecule has 3 unspecified atom stereocenters. The molecule has 6 nitrogen and oxygen atoms in total. The third-order valence-electron chi connectivity index (χ3n) is 11.0. The fourth-order valence-corrected chi connectivity index (χ4v) is 7.08. The van der Waals surface area contributed by atoms with Crippen LogP contribution in [-0.2, 0) is 14.3 Å². The minimum absolute atomic E-state index is 0.0362. The van der Waals surface area contributed by atoms with Crippen LogP contribution in [0.1, 0.15) is 213 Å². The number of aliphatic hydroxyl groups is 2. The number of hydrogen-bond acceptors (Lipinski definition) is 5. The molecular weight excluding hydrogens is 803 g/mol. The van der Waals surface area contributed by atoms with E-state index in [1.54, 1.807) is 0 Å². The van der Waals surface area contributed by atoms with Crippen molar-refractivity contribution < 1.29 is 24.5 Å². The van der Waals surface area contributed by atoms with Gasteiger partial charge in [-0.05, 0) is 83.5 Å². The molecule has 3 N–H and O–H groups in total. The Bertz CT molecular complexity index is 1380. The van der Waals surface area contributed by atoms with Crippen LogP contribution in [0, 0.1) is 0 Å². The van der Waals surface area contributed by atoms with Crippen LogP contribution in [0.5, 0.6) is 0 Å². The highest BCUT2D eigenvalue weighted by atomic mass is 16.5. The van der Waals surface area contributed by atoms with E-state index in [1.807, 2.05) is 18.2 Å². The number of aliphatic hydroxyl groups excluding tert-OH is 2. The van der Waals surface area contributed by atoms with Crippen LogP contribution in [0.2, 0.25) is 0 Å². The van der Waals surface area contributed by atoms with Crippen LogP contribution in [0.4, 0.5) is 0 Å². The number of amides is 1. The Labute approximate surface area is 400 Å². The molecule has 0 aromatic rings. The van der Waals surface area contributed by atoms with E-state index in [0.29, 0.717) is 19.3 Å². The van der Waals surface area contributed by atoms with E-state index < -0.39 is 18.2 Å². The average Bonchev–Trinajstić information content (AvgIpc) is 3.30. The average molecular weight is 900 g/mol. The van der Waals surface area contributed by atoms with Crippen LogP contribution >= 0.6 is 0 Å². The molecule has 0 aliphatic rings. The molecule has 0 radical (unpaired) electrons. The lowest BCUT2D eigenvalue weighted by atomic mass is 10.0. The summed E-state index contributed by atoms with van der Waals surface area (Å²) >= 11 is 0. The first kappa shape index (κ1) is 61.3. The maximum Gasteiger partial charge on any atom is 0.306 e. The molecule has 0 aliphatic heterocycles. The van der Waals surface area contributed by atoms with Crippen molar-refractivity contribution in [1.82, 2.24) is 5.32 Å². The Morgan fingerprint density at radius 1 is 0.477 bits per heavy atom. The Kier molecular flexibility index (Phi) is 48.3. The molecule has 0 fully saturated rings. The first-order valence-electron chi connectivity index (χ1n) is 26.3. The monoisotopic (exact) mass is 900 g/mol. The maximum absolute atomic E-state index is 13.2. The zero-order valence-electron chi connectivity index (χ0n) is 41.8. The van der Waals surface area contributed by atoms with Crippen molar-refractivity contribution in [3.63, 3.8) is 0 Å². The summed E-state index contributed by atoms with van der Waals surface area (Å²) in [6.45, 7) is 6.28. The van der Waals surface area contributed by atoms with Crippen LogP contribution < -0.4 is 5.32 Å². The summed E-state index contributed by atoms with van der Waals surface area (Å²) < 4.78 is 5.83. The number of allylic oxidation sites excluding steroid dienone is 19. The van der Waals surface area contributed by atoms with Gasteiger partial charge in [-0.15, -0.1) is 0 Å². The molecule has 0 saturated carbocycles. The van der Waals surface area contributed by atoms with Crippen molar-refractivity contribution in [2.45, 2.75) is 232 Å². The van der Waals surface area contributed by atoms with Crippen LogP contribution in [-0.4, -0.2) is 46.9 Å². The second-order valence-electron chi connectivity index (χ2n) is 17.2. The minimum atomic E-state index is -0.831. The first-order chi connectivity index (χ1) is 32.0. The first-order valence-corrected chi connectivity index (χ1v) is 26.3. The highest BCUT2D eigenvalue weighted by Crippen LogP contribution is 2.15. The fourth-order valence-electron chi connectivity index (χ4n) is 7.08. The van der Waals surface area contributed by atoms with Gasteiger partial charge in [0, 0.05) is 12.8 Å². The molecule has 0 saturated heterocycles. The van der Waals surface area contributed by atoms with Gasteiger partial charge < -0.3 is 20.3 Å². The van der Waals surface area contributed by atoms with Gasteiger partial charge in [0.05, 0.1) is 25.2 Å². The number of ether oxygens (including phenoxy) is 1. The quantitative estimate of drug-likeness (QED) is 0.0321. The van der Waals surface area contributed by atoms with Gasteiger partial charge in [0.25, 0.3) is 0 Å². The lowest BCUT2D eigenvalue weighted by molar-refractivity contribution is -0.150. The summed E-state index contributed by atoms with van der Waals surface area (Å²) in [5.74, 6) is -0.688. The highest BCUT2D eigenvalue weighted by molar-refractivity contribution is 5.77. The number of nitrogens with one attached hydrogen (secondary N) is 1. The Morgan fingerprint density at radius 2 is 0.862 bits per heavy atom. The third-order valence-corrected chi connectivity index (χ3v) is 11.0. The lowest BCUT2D eigenvalue weighted by Crippen LogP contribution is -2.46. The molecular formula is C59H97NO5. The molecule has 0 aromatic carbocycles. The molecule has 368 valence electrons. The molecule has 0 spiro atoms. The summed E-state index contributed by atoms with van der Waals surface area (Å²) in [6.07, 6.45) is 71.4. The molecule has 0 aromatic heterocycles. The molecule has 0 bridgehead atoms. The van der Waals surface area contributed by atoms with Crippen LogP contribution in [0.3, 0.4) is 0 Å².